The molecule has 1 aliphatic heterocycles. The van der Waals surface area contributed by atoms with Gasteiger partial charge in [-0.2, -0.15) is 0 Å². The predicted molar refractivity (Wildman–Crippen MR) is 78.9 cm³/mol. The van der Waals surface area contributed by atoms with Crippen LogP contribution in [0.3, 0.4) is 0 Å². The lowest BCUT2D eigenvalue weighted by molar-refractivity contribution is 0.146. The van der Waals surface area contributed by atoms with Crippen molar-refractivity contribution in [3.8, 4) is 0 Å². The smallest absolute Gasteiger partial charge is 0.105 e. The Morgan fingerprint density at radius 3 is 2.35 bits per heavy atom. The molecule has 0 aromatic heterocycles. The Labute approximate surface area is 113 Å². The van der Waals surface area contributed by atoms with Crippen LogP contribution in [0, 0.1) is 0 Å². The molecular weight excluding hydrogens is 278 g/mol. The maximum absolute atomic E-state index is 3.79. The summed E-state index contributed by atoms with van der Waals surface area (Å²) in [4.78, 5) is 8.79. The summed E-state index contributed by atoms with van der Waals surface area (Å²) in [6, 6.07) is 0. The van der Waals surface area contributed by atoms with Crippen molar-refractivity contribution in [1.82, 2.24) is 9.80 Å². The minimum Gasteiger partial charge on any atom is -0.301 e. The maximum Gasteiger partial charge on any atom is 0.105 e. The first-order chi connectivity index (χ1) is 8.15. The van der Waals surface area contributed by atoms with Crippen LogP contribution in [-0.2, 0) is 0 Å². The van der Waals surface area contributed by atoms with Gasteiger partial charge in [-0.15, -0.1) is 0 Å². The third-order valence-electron chi connectivity index (χ3n) is 3.04. The van der Waals surface area contributed by atoms with E-state index in [-0.39, 0.29) is 0 Å². The van der Waals surface area contributed by atoms with Crippen LogP contribution in [0.2, 0.25) is 0 Å². The van der Waals surface area contributed by atoms with Crippen molar-refractivity contribution < 1.29 is 0 Å². The monoisotopic (exact) mass is 299 g/mol. The molecule has 0 unspecified atom stereocenters. The molecule has 0 amide bonds. The van der Waals surface area contributed by atoms with Crippen LogP contribution >= 0.6 is 15.9 Å². The quantitative estimate of drug-likeness (QED) is 0.441. The number of likely N-dealkylation sites (N-methyl/N-ethyl adjacent to an activating group) is 1. The Bertz CT molecular complexity index is 302. The van der Waals surface area contributed by atoms with Crippen molar-refractivity contribution in [2.75, 3.05) is 39.3 Å². The van der Waals surface area contributed by atoms with Crippen LogP contribution in [0.5, 0.6) is 0 Å². The number of hydrogen-bond donors (Lipinski definition) is 0. The number of piperazine rings is 1. The third kappa shape index (κ3) is 5.61. The minimum atomic E-state index is 0.785. The normalized spacial score (nSPS) is 20.6. The number of allylic oxidation sites excluding steroid dienone is 2. The number of halogens is 1. The average molecular weight is 300 g/mol. The van der Waals surface area contributed by atoms with Gasteiger partial charge in [-0.25, -0.2) is 0 Å². The summed E-state index contributed by atoms with van der Waals surface area (Å²) in [5.41, 5.74) is 1.36. The summed E-state index contributed by atoms with van der Waals surface area (Å²) in [6.07, 6.45) is 4.05. The Morgan fingerprint density at radius 2 is 1.82 bits per heavy atom. The van der Waals surface area contributed by atoms with E-state index in [0.717, 1.165) is 11.2 Å². The first-order valence-electron chi connectivity index (χ1n) is 6.10. The van der Waals surface area contributed by atoms with Gasteiger partial charge in [0.25, 0.3) is 0 Å². The van der Waals surface area contributed by atoms with E-state index in [1.807, 2.05) is 6.08 Å². The van der Waals surface area contributed by atoms with Crippen molar-refractivity contribution in [2.24, 2.45) is 4.99 Å². The summed E-state index contributed by atoms with van der Waals surface area (Å²) < 4.78 is 0.785. The van der Waals surface area contributed by atoms with Gasteiger partial charge in [0.1, 0.15) is 4.61 Å². The molecule has 0 radical (unpaired) electrons. The lowest BCUT2D eigenvalue weighted by Gasteiger charge is -2.34. The van der Waals surface area contributed by atoms with E-state index in [1.165, 1.54) is 38.3 Å². The second kappa shape index (κ2) is 7.80. The second-order valence-electron chi connectivity index (χ2n) is 4.37. The van der Waals surface area contributed by atoms with Gasteiger partial charge in [0.05, 0.1) is 0 Å². The van der Waals surface area contributed by atoms with Gasteiger partial charge in [-0.05, 0) is 42.2 Å². The van der Waals surface area contributed by atoms with Gasteiger partial charge in [0.2, 0.25) is 0 Å². The molecule has 1 fully saturated rings. The van der Waals surface area contributed by atoms with E-state index < -0.39 is 0 Å². The summed E-state index contributed by atoms with van der Waals surface area (Å²) in [7, 11) is 0. The molecule has 17 heavy (non-hydrogen) atoms. The predicted octanol–water partition coefficient (Wildman–Crippen LogP) is 2.51. The molecule has 1 rings (SSSR count). The van der Waals surface area contributed by atoms with Crippen molar-refractivity contribution in [3.63, 3.8) is 0 Å². The standard InChI is InChI=1S/C13H22BrN3/c1-4-16-7-9-17(10-8-16)11-12(2)5-6-13(14)15-3/h5-6H,3-4,7-11H2,1-2H3/b12-5+,13-6-. The summed E-state index contributed by atoms with van der Waals surface area (Å²) >= 11 is 3.31. The molecule has 0 aliphatic carbocycles. The van der Waals surface area contributed by atoms with Crippen LogP contribution in [0.4, 0.5) is 0 Å². The van der Waals surface area contributed by atoms with Crippen LogP contribution in [0.1, 0.15) is 13.8 Å². The summed E-state index contributed by atoms with van der Waals surface area (Å²) in [5.74, 6) is 0. The van der Waals surface area contributed by atoms with E-state index >= 15 is 0 Å². The van der Waals surface area contributed by atoms with Gasteiger partial charge in [0.15, 0.2) is 0 Å². The number of nitrogens with zero attached hydrogens (tertiary/aromatic N) is 3. The number of aliphatic imine (C=N–C) groups is 1. The molecule has 0 N–H and O–H groups in total. The first-order valence-corrected chi connectivity index (χ1v) is 6.89. The molecule has 1 aliphatic rings. The minimum absolute atomic E-state index is 0.785. The largest absolute Gasteiger partial charge is 0.301 e. The van der Waals surface area contributed by atoms with Crippen molar-refractivity contribution >= 4 is 22.6 Å². The Morgan fingerprint density at radius 1 is 1.24 bits per heavy atom. The van der Waals surface area contributed by atoms with Gasteiger partial charge in [-0.3, -0.25) is 9.89 Å². The van der Waals surface area contributed by atoms with E-state index in [2.05, 4.69) is 57.4 Å². The van der Waals surface area contributed by atoms with E-state index in [1.54, 1.807) is 0 Å². The van der Waals surface area contributed by atoms with Gasteiger partial charge in [0, 0.05) is 32.7 Å². The molecule has 0 spiro atoms. The Kier molecular flexibility index (Phi) is 6.70. The molecule has 1 saturated heterocycles. The molecule has 3 nitrogen and oxygen atoms in total. The molecule has 4 heteroatoms. The van der Waals surface area contributed by atoms with Crippen LogP contribution < -0.4 is 0 Å². The zero-order valence-corrected chi connectivity index (χ0v) is 12.4. The Balaban J connectivity index is 2.37. The van der Waals surface area contributed by atoms with Crippen LogP contribution in [0.25, 0.3) is 0 Å². The number of rotatable bonds is 5. The zero-order chi connectivity index (χ0) is 12.7. The molecule has 1 heterocycles. The lowest BCUT2D eigenvalue weighted by atomic mass is 10.2. The highest BCUT2D eigenvalue weighted by molar-refractivity contribution is 9.11. The van der Waals surface area contributed by atoms with E-state index in [9.17, 15) is 0 Å². The molecule has 0 aromatic rings. The van der Waals surface area contributed by atoms with Gasteiger partial charge >= 0.3 is 0 Å². The average Bonchev–Trinajstić information content (AvgIpc) is 2.36. The fourth-order valence-electron chi connectivity index (χ4n) is 1.93. The number of hydrogen-bond acceptors (Lipinski definition) is 3. The fourth-order valence-corrected chi connectivity index (χ4v) is 2.06. The van der Waals surface area contributed by atoms with Crippen LogP contribution in [-0.4, -0.2) is 55.8 Å². The Hall–Kier alpha value is -0.450. The molecule has 0 saturated carbocycles. The van der Waals surface area contributed by atoms with E-state index in [4.69, 9.17) is 0 Å². The van der Waals surface area contributed by atoms with Crippen LogP contribution in [0.15, 0.2) is 27.3 Å². The highest BCUT2D eigenvalue weighted by atomic mass is 79.9. The molecular formula is C13H22BrN3. The molecule has 96 valence electrons. The highest BCUT2D eigenvalue weighted by Gasteiger charge is 2.14. The van der Waals surface area contributed by atoms with Gasteiger partial charge < -0.3 is 4.90 Å². The summed E-state index contributed by atoms with van der Waals surface area (Å²) in [5, 5.41) is 0. The topological polar surface area (TPSA) is 18.8 Å². The van der Waals surface area contributed by atoms with Crippen molar-refractivity contribution in [3.05, 3.63) is 22.3 Å². The zero-order valence-electron chi connectivity index (χ0n) is 10.8. The van der Waals surface area contributed by atoms with Gasteiger partial charge in [-0.1, -0.05) is 18.6 Å². The summed E-state index contributed by atoms with van der Waals surface area (Å²) in [6.45, 7) is 14.8. The molecule has 0 atom stereocenters. The molecule has 0 bridgehead atoms. The van der Waals surface area contributed by atoms with Crippen molar-refractivity contribution in [2.45, 2.75) is 13.8 Å². The molecule has 0 aromatic carbocycles. The van der Waals surface area contributed by atoms with Crippen molar-refractivity contribution in [1.29, 1.82) is 0 Å². The fraction of sp³-hybridized carbons (Fsp3) is 0.615. The second-order valence-corrected chi connectivity index (χ2v) is 5.18. The first kappa shape index (κ1) is 14.6. The van der Waals surface area contributed by atoms with E-state index in [0.29, 0.717) is 0 Å². The maximum atomic E-state index is 3.79. The highest BCUT2D eigenvalue weighted by Crippen LogP contribution is 2.08. The third-order valence-corrected chi connectivity index (χ3v) is 3.56. The lowest BCUT2D eigenvalue weighted by Crippen LogP contribution is -2.46. The SMILES string of the molecule is C=N/C(Br)=C\C=C(/C)CN1CCN(CC)CC1.